The van der Waals surface area contributed by atoms with Crippen LogP contribution < -0.4 is 5.32 Å². The molecule has 0 fully saturated rings. The van der Waals surface area contributed by atoms with Crippen molar-refractivity contribution in [3.63, 3.8) is 0 Å². The molecular weight excluding hydrogens is 260 g/mol. The Hall–Kier alpha value is -1.06. The summed E-state index contributed by atoms with van der Waals surface area (Å²) in [6.07, 6.45) is 0.954. The van der Waals surface area contributed by atoms with Crippen molar-refractivity contribution in [1.82, 2.24) is 10.2 Å². The third-order valence-corrected chi connectivity index (χ3v) is 3.45. The molecule has 0 spiro atoms. The summed E-state index contributed by atoms with van der Waals surface area (Å²) in [5.41, 5.74) is 0.435. The van der Waals surface area contributed by atoms with Gasteiger partial charge in [0.05, 0.1) is 5.41 Å². The maximum absolute atomic E-state index is 12.2. The maximum Gasteiger partial charge on any atom is 0.230 e. The number of halogens is 1. The molecule has 1 amide bonds. The first-order chi connectivity index (χ1) is 8.84. The van der Waals surface area contributed by atoms with Gasteiger partial charge in [0.1, 0.15) is 0 Å². The third-order valence-electron chi connectivity index (χ3n) is 3.20. The van der Waals surface area contributed by atoms with Crippen molar-refractivity contribution in [3.05, 3.63) is 34.9 Å². The van der Waals surface area contributed by atoms with Gasteiger partial charge in [0.15, 0.2) is 0 Å². The quantitative estimate of drug-likeness (QED) is 0.814. The molecule has 0 saturated carbocycles. The predicted octanol–water partition coefficient (Wildman–Crippen LogP) is 2.69. The second kappa shape index (κ2) is 6.92. The topological polar surface area (TPSA) is 32.3 Å². The monoisotopic (exact) mass is 282 g/mol. The fourth-order valence-corrected chi connectivity index (χ4v) is 1.94. The Balaban J connectivity index is 2.56. The van der Waals surface area contributed by atoms with Crippen LogP contribution >= 0.6 is 11.6 Å². The second-order valence-corrected chi connectivity index (χ2v) is 5.98. The molecular formula is C15H23ClN2O. The van der Waals surface area contributed by atoms with Gasteiger partial charge in [-0.2, -0.15) is 0 Å². The molecule has 0 bridgehead atoms. The molecule has 0 aliphatic heterocycles. The van der Waals surface area contributed by atoms with Gasteiger partial charge in [-0.3, -0.25) is 4.79 Å². The number of hydrogen-bond donors (Lipinski definition) is 1. The van der Waals surface area contributed by atoms with E-state index in [-0.39, 0.29) is 5.91 Å². The number of carbonyl (C=O) groups is 1. The molecule has 4 heteroatoms. The molecule has 1 rings (SSSR count). The lowest BCUT2D eigenvalue weighted by molar-refractivity contribution is -0.125. The van der Waals surface area contributed by atoms with Crippen LogP contribution in [-0.4, -0.2) is 38.0 Å². The lowest BCUT2D eigenvalue weighted by Gasteiger charge is -2.24. The number of nitrogens with one attached hydrogen (secondary N) is 1. The highest BCUT2D eigenvalue weighted by atomic mass is 35.5. The summed E-state index contributed by atoms with van der Waals surface area (Å²) >= 11 is 5.87. The molecule has 0 saturated heterocycles. The van der Waals surface area contributed by atoms with Gasteiger partial charge in [-0.15, -0.1) is 0 Å². The summed E-state index contributed by atoms with van der Waals surface area (Å²) in [4.78, 5) is 14.3. The van der Waals surface area contributed by atoms with Gasteiger partial charge in [-0.05, 0) is 58.6 Å². The number of carbonyl (C=O) groups excluding carboxylic acids is 1. The van der Waals surface area contributed by atoms with E-state index in [1.807, 2.05) is 52.2 Å². The van der Waals surface area contributed by atoms with Gasteiger partial charge >= 0.3 is 0 Å². The highest BCUT2D eigenvalue weighted by molar-refractivity contribution is 6.30. The van der Waals surface area contributed by atoms with Crippen LogP contribution in [0.15, 0.2) is 24.3 Å². The fourth-order valence-electron chi connectivity index (χ4n) is 1.82. The van der Waals surface area contributed by atoms with Crippen LogP contribution in [0.1, 0.15) is 25.8 Å². The van der Waals surface area contributed by atoms with Gasteiger partial charge in [0.25, 0.3) is 0 Å². The van der Waals surface area contributed by atoms with Crippen LogP contribution in [0.25, 0.3) is 0 Å². The molecule has 1 aromatic carbocycles. The number of hydrogen-bond acceptors (Lipinski definition) is 2. The van der Waals surface area contributed by atoms with Gasteiger partial charge in [0.2, 0.25) is 5.91 Å². The van der Waals surface area contributed by atoms with Gasteiger partial charge in [-0.25, -0.2) is 0 Å². The summed E-state index contributed by atoms with van der Waals surface area (Å²) in [7, 11) is 4.05. The normalized spacial score (nSPS) is 11.7. The zero-order valence-electron chi connectivity index (χ0n) is 12.2. The first-order valence-corrected chi connectivity index (χ1v) is 6.91. The number of amides is 1. The van der Waals surface area contributed by atoms with Crippen molar-refractivity contribution in [2.75, 3.05) is 27.2 Å². The molecule has 0 heterocycles. The Morgan fingerprint density at radius 3 is 2.37 bits per heavy atom. The maximum atomic E-state index is 12.2. The second-order valence-electron chi connectivity index (χ2n) is 5.54. The number of rotatable bonds is 6. The van der Waals surface area contributed by atoms with Crippen molar-refractivity contribution in [1.29, 1.82) is 0 Å². The molecule has 0 unspecified atom stereocenters. The van der Waals surface area contributed by atoms with E-state index in [2.05, 4.69) is 10.2 Å². The first kappa shape index (κ1) is 16.0. The number of benzene rings is 1. The molecule has 3 nitrogen and oxygen atoms in total. The Morgan fingerprint density at radius 2 is 1.84 bits per heavy atom. The van der Waals surface area contributed by atoms with Gasteiger partial charge in [0, 0.05) is 11.6 Å². The zero-order chi connectivity index (χ0) is 14.5. The van der Waals surface area contributed by atoms with Crippen molar-refractivity contribution >= 4 is 17.5 Å². The molecule has 0 atom stereocenters. The molecule has 0 aromatic heterocycles. The molecule has 0 radical (unpaired) electrons. The first-order valence-electron chi connectivity index (χ1n) is 6.53. The Morgan fingerprint density at radius 1 is 1.26 bits per heavy atom. The highest BCUT2D eigenvalue weighted by Gasteiger charge is 2.29. The van der Waals surface area contributed by atoms with Crippen LogP contribution in [0, 0.1) is 0 Å². The molecule has 1 N–H and O–H groups in total. The average molecular weight is 283 g/mol. The largest absolute Gasteiger partial charge is 0.355 e. The zero-order valence-corrected chi connectivity index (χ0v) is 12.9. The highest BCUT2D eigenvalue weighted by Crippen LogP contribution is 2.24. The third kappa shape index (κ3) is 4.84. The summed E-state index contributed by atoms with van der Waals surface area (Å²) in [6, 6.07) is 7.44. The lowest BCUT2D eigenvalue weighted by atomic mass is 9.84. The van der Waals surface area contributed by atoms with E-state index in [0.717, 1.165) is 18.5 Å². The minimum Gasteiger partial charge on any atom is -0.355 e. The summed E-state index contributed by atoms with van der Waals surface area (Å²) in [5, 5.41) is 3.68. The summed E-state index contributed by atoms with van der Waals surface area (Å²) in [5.74, 6) is 0.0496. The van der Waals surface area contributed by atoms with Crippen molar-refractivity contribution in [3.8, 4) is 0 Å². The molecule has 0 aliphatic carbocycles. The van der Waals surface area contributed by atoms with Gasteiger partial charge < -0.3 is 10.2 Å². The molecule has 1 aromatic rings. The van der Waals surface area contributed by atoms with Gasteiger partial charge in [-0.1, -0.05) is 23.7 Å². The molecule has 19 heavy (non-hydrogen) atoms. The van der Waals surface area contributed by atoms with Crippen molar-refractivity contribution < 1.29 is 4.79 Å². The van der Waals surface area contributed by atoms with E-state index < -0.39 is 5.41 Å². The SMILES string of the molecule is CN(C)CCCNC(=O)C(C)(C)c1ccc(Cl)cc1. The lowest BCUT2D eigenvalue weighted by Crippen LogP contribution is -2.40. The van der Waals surface area contributed by atoms with Crippen LogP contribution in [-0.2, 0) is 10.2 Å². The standard InChI is InChI=1S/C15H23ClN2O/c1-15(2,12-6-8-13(16)9-7-12)14(19)17-10-5-11-18(3)4/h6-9H,5,10-11H2,1-4H3,(H,17,19). The van der Waals surface area contributed by atoms with E-state index >= 15 is 0 Å². The van der Waals surface area contributed by atoms with E-state index in [4.69, 9.17) is 11.6 Å². The minimum atomic E-state index is -0.539. The summed E-state index contributed by atoms with van der Waals surface area (Å²) < 4.78 is 0. The van der Waals surface area contributed by atoms with Crippen LogP contribution in [0.5, 0.6) is 0 Å². The fraction of sp³-hybridized carbons (Fsp3) is 0.533. The van der Waals surface area contributed by atoms with E-state index in [0.29, 0.717) is 11.6 Å². The van der Waals surface area contributed by atoms with E-state index in [1.165, 1.54) is 0 Å². The Bertz CT molecular complexity index is 413. The molecule has 106 valence electrons. The van der Waals surface area contributed by atoms with Crippen LogP contribution in [0.4, 0.5) is 0 Å². The van der Waals surface area contributed by atoms with Crippen molar-refractivity contribution in [2.45, 2.75) is 25.7 Å². The van der Waals surface area contributed by atoms with E-state index in [9.17, 15) is 4.79 Å². The predicted molar refractivity (Wildman–Crippen MR) is 80.7 cm³/mol. The Kier molecular flexibility index (Phi) is 5.83. The van der Waals surface area contributed by atoms with Crippen molar-refractivity contribution in [2.24, 2.45) is 0 Å². The Labute approximate surface area is 120 Å². The van der Waals surface area contributed by atoms with Crippen LogP contribution in [0.3, 0.4) is 0 Å². The smallest absolute Gasteiger partial charge is 0.230 e. The minimum absolute atomic E-state index is 0.0496. The van der Waals surface area contributed by atoms with Crippen LogP contribution in [0.2, 0.25) is 5.02 Å². The summed E-state index contributed by atoms with van der Waals surface area (Å²) in [6.45, 7) is 5.53. The van der Waals surface area contributed by atoms with E-state index in [1.54, 1.807) is 0 Å². The average Bonchev–Trinajstić information content (AvgIpc) is 2.34. The number of nitrogens with zero attached hydrogens (tertiary/aromatic N) is 1. The molecule has 0 aliphatic rings.